The topological polar surface area (TPSA) is 46.2 Å². The molecular formula is C9H10ClF4NO. The summed E-state index contributed by atoms with van der Waals surface area (Å²) >= 11 is 0. The molecule has 1 atom stereocenters. The van der Waals surface area contributed by atoms with Crippen molar-refractivity contribution in [3.8, 4) is 5.75 Å². The minimum Gasteiger partial charge on any atom is -0.508 e. The Morgan fingerprint density at radius 1 is 1.31 bits per heavy atom. The fourth-order valence-corrected chi connectivity index (χ4v) is 1.11. The van der Waals surface area contributed by atoms with Gasteiger partial charge in [-0.25, -0.2) is 4.39 Å². The number of phenols is 1. The zero-order valence-electron chi connectivity index (χ0n) is 7.96. The molecule has 0 bridgehead atoms. The van der Waals surface area contributed by atoms with Gasteiger partial charge in [-0.1, -0.05) is 0 Å². The Morgan fingerprint density at radius 3 is 2.31 bits per heavy atom. The third-order valence-electron chi connectivity index (χ3n) is 1.92. The van der Waals surface area contributed by atoms with Gasteiger partial charge in [-0.3, -0.25) is 0 Å². The lowest BCUT2D eigenvalue weighted by Gasteiger charge is -2.13. The van der Waals surface area contributed by atoms with Gasteiger partial charge in [-0.05, 0) is 18.2 Å². The Labute approximate surface area is 95.5 Å². The van der Waals surface area contributed by atoms with E-state index in [4.69, 9.17) is 5.73 Å². The highest BCUT2D eigenvalue weighted by Crippen LogP contribution is 2.33. The molecule has 0 unspecified atom stereocenters. The Balaban J connectivity index is 0.00000225. The monoisotopic (exact) mass is 259 g/mol. The molecule has 1 rings (SSSR count). The molecule has 0 saturated carbocycles. The normalized spacial score (nSPS) is 13.1. The fourth-order valence-electron chi connectivity index (χ4n) is 1.11. The van der Waals surface area contributed by atoms with Crippen molar-refractivity contribution >= 4 is 12.4 Å². The Bertz CT molecular complexity index is 356. The van der Waals surface area contributed by atoms with Crippen LogP contribution >= 0.6 is 12.4 Å². The summed E-state index contributed by atoms with van der Waals surface area (Å²) in [6, 6.07) is 0.976. The van der Waals surface area contributed by atoms with Crippen molar-refractivity contribution in [3.63, 3.8) is 0 Å². The van der Waals surface area contributed by atoms with Crippen LogP contribution in [0.3, 0.4) is 0 Å². The van der Waals surface area contributed by atoms with Gasteiger partial charge in [-0.2, -0.15) is 13.2 Å². The maximum Gasteiger partial charge on any atom is 0.416 e. The molecule has 16 heavy (non-hydrogen) atoms. The summed E-state index contributed by atoms with van der Waals surface area (Å²) in [7, 11) is 0. The number of halogens is 5. The van der Waals surface area contributed by atoms with Crippen molar-refractivity contribution < 1.29 is 22.7 Å². The third kappa shape index (κ3) is 3.24. The molecule has 0 saturated heterocycles. The van der Waals surface area contributed by atoms with Gasteiger partial charge in [-0.15, -0.1) is 12.4 Å². The van der Waals surface area contributed by atoms with E-state index in [-0.39, 0.29) is 18.0 Å². The van der Waals surface area contributed by atoms with Crippen molar-refractivity contribution in [1.82, 2.24) is 0 Å². The smallest absolute Gasteiger partial charge is 0.416 e. The van der Waals surface area contributed by atoms with E-state index in [0.29, 0.717) is 12.1 Å². The van der Waals surface area contributed by atoms with Crippen molar-refractivity contribution in [2.45, 2.75) is 12.2 Å². The molecule has 0 radical (unpaired) electrons. The van der Waals surface area contributed by atoms with Crippen LogP contribution in [0.25, 0.3) is 0 Å². The lowest BCUT2D eigenvalue weighted by Crippen LogP contribution is -2.14. The van der Waals surface area contributed by atoms with Crippen LogP contribution in [0.2, 0.25) is 0 Å². The fraction of sp³-hybridized carbons (Fsp3) is 0.333. The standard InChI is InChI=1S/C9H9F4NO.ClH/c10-4-7(14)6-3-5(9(11,12)13)1-2-8(6)15;/h1-3,7,15H,4,14H2;1H/t7-;/m1./s1. The first-order valence-corrected chi connectivity index (χ1v) is 4.08. The quantitative estimate of drug-likeness (QED) is 0.802. The average Bonchev–Trinajstić information content (AvgIpc) is 2.15. The second kappa shape index (κ2) is 5.36. The van der Waals surface area contributed by atoms with E-state index in [0.717, 1.165) is 6.07 Å². The number of phenolic OH excluding ortho intramolecular Hbond substituents is 1. The minimum atomic E-state index is -4.53. The highest BCUT2D eigenvalue weighted by atomic mass is 35.5. The molecule has 7 heteroatoms. The second-order valence-electron chi connectivity index (χ2n) is 3.03. The molecule has 0 heterocycles. The molecule has 0 amide bonds. The van der Waals surface area contributed by atoms with Gasteiger partial charge < -0.3 is 10.8 Å². The van der Waals surface area contributed by atoms with Gasteiger partial charge in [0.1, 0.15) is 12.4 Å². The molecule has 0 aliphatic carbocycles. The van der Waals surface area contributed by atoms with E-state index >= 15 is 0 Å². The van der Waals surface area contributed by atoms with Crippen LogP contribution in [0.4, 0.5) is 17.6 Å². The van der Waals surface area contributed by atoms with Gasteiger partial charge >= 0.3 is 6.18 Å². The molecule has 0 aliphatic rings. The average molecular weight is 260 g/mol. The molecule has 2 nitrogen and oxygen atoms in total. The number of aromatic hydroxyl groups is 1. The van der Waals surface area contributed by atoms with Crippen molar-refractivity contribution in [2.75, 3.05) is 6.67 Å². The number of benzene rings is 1. The lowest BCUT2D eigenvalue weighted by molar-refractivity contribution is -0.137. The zero-order chi connectivity index (χ0) is 11.6. The lowest BCUT2D eigenvalue weighted by atomic mass is 10.0. The summed E-state index contributed by atoms with van der Waals surface area (Å²) in [4.78, 5) is 0. The number of nitrogens with two attached hydrogens (primary N) is 1. The summed E-state index contributed by atoms with van der Waals surface area (Å²) in [6.07, 6.45) is -4.53. The first-order valence-electron chi connectivity index (χ1n) is 4.08. The summed E-state index contributed by atoms with van der Waals surface area (Å²) in [5.74, 6) is -0.437. The maximum atomic E-state index is 12.3. The third-order valence-corrected chi connectivity index (χ3v) is 1.92. The second-order valence-corrected chi connectivity index (χ2v) is 3.03. The van der Waals surface area contributed by atoms with Gasteiger partial charge in [0.2, 0.25) is 0 Å². The first-order chi connectivity index (χ1) is 6.86. The van der Waals surface area contributed by atoms with Crippen LogP contribution in [0.5, 0.6) is 5.75 Å². The Hall–Kier alpha value is -1.01. The summed E-state index contributed by atoms with van der Waals surface area (Å²) in [5.41, 5.74) is 4.00. The molecule has 92 valence electrons. The zero-order valence-corrected chi connectivity index (χ0v) is 8.78. The number of hydrogen-bond acceptors (Lipinski definition) is 2. The number of rotatable bonds is 2. The van der Waals surface area contributed by atoms with E-state index in [2.05, 4.69) is 0 Å². The molecule has 0 aromatic heterocycles. The van der Waals surface area contributed by atoms with Gasteiger partial charge in [0.15, 0.2) is 0 Å². The minimum absolute atomic E-state index is 0. The van der Waals surface area contributed by atoms with Gasteiger partial charge in [0.25, 0.3) is 0 Å². The predicted octanol–water partition coefficient (Wildman–Crippen LogP) is 2.80. The van der Waals surface area contributed by atoms with Crippen molar-refractivity contribution in [1.29, 1.82) is 0 Å². The van der Waals surface area contributed by atoms with E-state index in [1.54, 1.807) is 0 Å². The Morgan fingerprint density at radius 2 is 1.88 bits per heavy atom. The van der Waals surface area contributed by atoms with Crippen LogP contribution in [-0.4, -0.2) is 11.8 Å². The maximum absolute atomic E-state index is 12.3. The molecule has 0 fully saturated rings. The van der Waals surface area contributed by atoms with Gasteiger partial charge in [0.05, 0.1) is 11.6 Å². The molecule has 1 aromatic rings. The van der Waals surface area contributed by atoms with E-state index < -0.39 is 30.2 Å². The van der Waals surface area contributed by atoms with E-state index in [9.17, 15) is 22.7 Å². The van der Waals surface area contributed by atoms with Crippen LogP contribution in [0.1, 0.15) is 17.2 Å². The first kappa shape index (κ1) is 15.0. The summed E-state index contributed by atoms with van der Waals surface area (Å²) in [6.45, 7) is -1.03. The van der Waals surface area contributed by atoms with Crippen LogP contribution < -0.4 is 5.73 Å². The SMILES string of the molecule is Cl.N[C@H](CF)c1cc(C(F)(F)F)ccc1O. The van der Waals surface area contributed by atoms with Gasteiger partial charge in [0, 0.05) is 5.56 Å². The largest absolute Gasteiger partial charge is 0.508 e. The molecule has 0 aliphatic heterocycles. The molecular weight excluding hydrogens is 250 g/mol. The van der Waals surface area contributed by atoms with Crippen LogP contribution in [0, 0.1) is 0 Å². The molecule has 0 spiro atoms. The number of alkyl halides is 4. The van der Waals surface area contributed by atoms with Crippen LogP contribution in [0.15, 0.2) is 18.2 Å². The molecule has 3 N–H and O–H groups in total. The van der Waals surface area contributed by atoms with E-state index in [1.807, 2.05) is 0 Å². The summed E-state index contributed by atoms with van der Waals surface area (Å²) in [5, 5.41) is 9.19. The summed E-state index contributed by atoms with van der Waals surface area (Å²) < 4.78 is 48.9. The molecule has 1 aromatic carbocycles. The Kier molecular flexibility index (Phi) is 5.02. The predicted molar refractivity (Wildman–Crippen MR) is 53.3 cm³/mol. The highest BCUT2D eigenvalue weighted by Gasteiger charge is 2.31. The number of hydrogen-bond donors (Lipinski definition) is 2. The van der Waals surface area contributed by atoms with E-state index in [1.165, 1.54) is 0 Å². The van der Waals surface area contributed by atoms with Crippen molar-refractivity contribution in [2.24, 2.45) is 5.73 Å². The van der Waals surface area contributed by atoms with Crippen molar-refractivity contribution in [3.05, 3.63) is 29.3 Å². The van der Waals surface area contributed by atoms with Crippen LogP contribution in [-0.2, 0) is 6.18 Å². The highest BCUT2D eigenvalue weighted by molar-refractivity contribution is 5.85.